The molecule has 0 aromatic carbocycles. The third kappa shape index (κ3) is 3.85. The molecule has 1 saturated carbocycles. The number of rotatable bonds is 5. The number of ether oxygens (including phenoxy) is 2. The highest BCUT2D eigenvalue weighted by Gasteiger charge is 2.54. The standard InChI is InChI=1S/C15H27NO4/c1-14(2,3)20-13(18)16-10-15(11-16)8-12(9-15)19-7-5-4-6-17/h12,17H,4-11H2,1-3H3. The first kappa shape index (κ1) is 15.6. The topological polar surface area (TPSA) is 59.0 Å². The fourth-order valence-corrected chi connectivity index (χ4v) is 2.97. The van der Waals surface area contributed by atoms with E-state index < -0.39 is 5.60 Å². The Balaban J connectivity index is 1.60. The Morgan fingerprint density at radius 2 is 1.95 bits per heavy atom. The van der Waals surface area contributed by atoms with Crippen molar-refractivity contribution in [3.05, 3.63) is 0 Å². The summed E-state index contributed by atoms with van der Waals surface area (Å²) in [6, 6.07) is 0. The quantitative estimate of drug-likeness (QED) is 0.787. The highest BCUT2D eigenvalue weighted by molar-refractivity contribution is 5.69. The molecular weight excluding hydrogens is 258 g/mol. The number of hydrogen-bond donors (Lipinski definition) is 1. The maximum Gasteiger partial charge on any atom is 0.410 e. The Kier molecular flexibility index (Phi) is 4.59. The first-order chi connectivity index (χ1) is 9.34. The molecule has 0 unspecified atom stereocenters. The summed E-state index contributed by atoms with van der Waals surface area (Å²) < 4.78 is 11.1. The van der Waals surface area contributed by atoms with Crippen LogP contribution in [0, 0.1) is 5.41 Å². The maximum atomic E-state index is 11.8. The van der Waals surface area contributed by atoms with Crippen LogP contribution in [0.25, 0.3) is 0 Å². The number of likely N-dealkylation sites (tertiary alicyclic amines) is 1. The van der Waals surface area contributed by atoms with Crippen molar-refractivity contribution in [2.24, 2.45) is 5.41 Å². The average molecular weight is 285 g/mol. The Hall–Kier alpha value is -0.810. The van der Waals surface area contributed by atoms with Gasteiger partial charge in [0.15, 0.2) is 0 Å². The number of unbranched alkanes of at least 4 members (excludes halogenated alkanes) is 1. The van der Waals surface area contributed by atoms with E-state index in [2.05, 4.69) is 0 Å². The second kappa shape index (κ2) is 5.90. The summed E-state index contributed by atoms with van der Waals surface area (Å²) in [5.41, 5.74) is -0.129. The fourth-order valence-electron chi connectivity index (χ4n) is 2.97. The molecule has 20 heavy (non-hydrogen) atoms. The minimum absolute atomic E-state index is 0.199. The summed E-state index contributed by atoms with van der Waals surface area (Å²) in [5, 5.41) is 8.69. The summed E-state index contributed by atoms with van der Waals surface area (Å²) in [5.74, 6) is 0. The van der Waals surface area contributed by atoms with E-state index in [0.29, 0.717) is 11.5 Å². The van der Waals surface area contributed by atoms with E-state index in [1.165, 1.54) is 0 Å². The zero-order valence-corrected chi connectivity index (χ0v) is 12.9. The van der Waals surface area contributed by atoms with E-state index >= 15 is 0 Å². The van der Waals surface area contributed by atoms with Gasteiger partial charge in [0, 0.05) is 31.7 Å². The molecule has 116 valence electrons. The van der Waals surface area contributed by atoms with E-state index in [1.54, 1.807) is 4.90 Å². The zero-order chi connectivity index (χ0) is 14.8. The van der Waals surface area contributed by atoms with Crippen molar-refractivity contribution in [1.29, 1.82) is 0 Å². The SMILES string of the molecule is CC(C)(C)OC(=O)N1CC2(CC(OCCCCO)C2)C1. The predicted molar refractivity (Wildman–Crippen MR) is 75.5 cm³/mol. The van der Waals surface area contributed by atoms with Gasteiger partial charge in [-0.05, 0) is 46.5 Å². The van der Waals surface area contributed by atoms with Crippen LogP contribution < -0.4 is 0 Å². The number of amides is 1. The van der Waals surface area contributed by atoms with Crippen molar-refractivity contribution >= 4 is 6.09 Å². The Morgan fingerprint density at radius 1 is 1.30 bits per heavy atom. The zero-order valence-electron chi connectivity index (χ0n) is 12.9. The lowest BCUT2D eigenvalue weighted by atomic mass is 9.62. The smallest absolute Gasteiger partial charge is 0.410 e. The second-order valence-electron chi connectivity index (χ2n) is 7.17. The first-order valence-electron chi connectivity index (χ1n) is 7.54. The van der Waals surface area contributed by atoms with Crippen LogP contribution in [0.2, 0.25) is 0 Å². The molecule has 1 N–H and O–H groups in total. The van der Waals surface area contributed by atoms with Crippen molar-refractivity contribution in [3.63, 3.8) is 0 Å². The minimum Gasteiger partial charge on any atom is -0.444 e. The minimum atomic E-state index is -0.419. The molecule has 0 bridgehead atoms. The van der Waals surface area contributed by atoms with Crippen molar-refractivity contribution in [2.45, 2.75) is 58.2 Å². The van der Waals surface area contributed by atoms with Gasteiger partial charge in [-0.15, -0.1) is 0 Å². The van der Waals surface area contributed by atoms with E-state index in [9.17, 15) is 4.79 Å². The molecule has 2 aliphatic rings. The third-order valence-corrected chi connectivity index (χ3v) is 3.93. The molecule has 0 radical (unpaired) electrons. The lowest BCUT2D eigenvalue weighted by Crippen LogP contribution is -2.65. The highest BCUT2D eigenvalue weighted by Crippen LogP contribution is 2.49. The fraction of sp³-hybridized carbons (Fsp3) is 0.933. The third-order valence-electron chi connectivity index (χ3n) is 3.93. The van der Waals surface area contributed by atoms with Crippen LogP contribution >= 0.6 is 0 Å². The molecule has 0 atom stereocenters. The molecule has 2 fully saturated rings. The first-order valence-corrected chi connectivity index (χ1v) is 7.54. The molecule has 0 aromatic heterocycles. The summed E-state index contributed by atoms with van der Waals surface area (Å²) in [7, 11) is 0. The van der Waals surface area contributed by atoms with Crippen LogP contribution in [0.1, 0.15) is 46.5 Å². The van der Waals surface area contributed by atoms with Gasteiger partial charge < -0.3 is 19.5 Å². The molecule has 1 aliphatic heterocycles. The van der Waals surface area contributed by atoms with E-state index in [-0.39, 0.29) is 12.7 Å². The van der Waals surface area contributed by atoms with Gasteiger partial charge in [0.2, 0.25) is 0 Å². The Morgan fingerprint density at radius 3 is 2.50 bits per heavy atom. The van der Waals surface area contributed by atoms with Crippen LogP contribution in [0.4, 0.5) is 4.79 Å². The molecule has 5 nitrogen and oxygen atoms in total. The molecule has 0 aromatic rings. The molecule has 1 heterocycles. The summed E-state index contributed by atoms with van der Waals surface area (Å²) in [6.45, 7) is 8.25. The Labute approximate surface area is 121 Å². The van der Waals surface area contributed by atoms with Gasteiger partial charge in [-0.2, -0.15) is 0 Å². The number of aliphatic hydroxyl groups excluding tert-OH is 1. The summed E-state index contributed by atoms with van der Waals surface area (Å²) in [6.07, 6.45) is 3.97. The van der Waals surface area contributed by atoms with Crippen molar-refractivity contribution in [2.75, 3.05) is 26.3 Å². The molecule has 1 spiro atoms. The number of carbonyl (C=O) groups is 1. The van der Waals surface area contributed by atoms with Gasteiger partial charge in [0.05, 0.1) is 6.10 Å². The molecular formula is C15H27NO4. The van der Waals surface area contributed by atoms with Crippen LogP contribution in [0.5, 0.6) is 0 Å². The molecule has 1 amide bonds. The highest BCUT2D eigenvalue weighted by atomic mass is 16.6. The second-order valence-corrected chi connectivity index (χ2v) is 7.17. The number of carbonyl (C=O) groups excluding carboxylic acids is 1. The lowest BCUT2D eigenvalue weighted by molar-refractivity contribution is -0.147. The van der Waals surface area contributed by atoms with Crippen molar-refractivity contribution in [3.8, 4) is 0 Å². The summed E-state index contributed by atoms with van der Waals surface area (Å²) >= 11 is 0. The van der Waals surface area contributed by atoms with Gasteiger partial charge >= 0.3 is 6.09 Å². The van der Waals surface area contributed by atoms with Crippen LogP contribution in [0.3, 0.4) is 0 Å². The molecule has 1 aliphatic carbocycles. The van der Waals surface area contributed by atoms with Crippen LogP contribution in [-0.4, -0.2) is 54.1 Å². The number of hydrogen-bond acceptors (Lipinski definition) is 4. The molecule has 1 saturated heterocycles. The molecule has 2 rings (SSSR count). The number of nitrogens with zero attached hydrogens (tertiary/aromatic N) is 1. The Bertz CT molecular complexity index is 336. The van der Waals surface area contributed by atoms with Gasteiger partial charge in [-0.3, -0.25) is 0 Å². The maximum absolute atomic E-state index is 11.8. The molecule has 5 heteroatoms. The van der Waals surface area contributed by atoms with Crippen molar-refractivity contribution < 1.29 is 19.4 Å². The average Bonchev–Trinajstić information content (AvgIpc) is 2.21. The lowest BCUT2D eigenvalue weighted by Gasteiger charge is -2.58. The number of aliphatic hydroxyl groups is 1. The predicted octanol–water partition coefficient (Wildman–Crippen LogP) is 2.17. The largest absolute Gasteiger partial charge is 0.444 e. The van der Waals surface area contributed by atoms with E-state index in [4.69, 9.17) is 14.6 Å². The normalized spacial score (nSPS) is 21.5. The van der Waals surface area contributed by atoms with Gasteiger partial charge in [0.25, 0.3) is 0 Å². The van der Waals surface area contributed by atoms with E-state index in [1.807, 2.05) is 20.8 Å². The van der Waals surface area contributed by atoms with Gasteiger partial charge in [0.1, 0.15) is 5.60 Å². The van der Waals surface area contributed by atoms with Crippen LogP contribution in [0.15, 0.2) is 0 Å². The monoisotopic (exact) mass is 285 g/mol. The van der Waals surface area contributed by atoms with Crippen LogP contribution in [-0.2, 0) is 9.47 Å². The van der Waals surface area contributed by atoms with Crippen molar-refractivity contribution in [1.82, 2.24) is 4.90 Å². The van der Waals surface area contributed by atoms with Gasteiger partial charge in [-0.25, -0.2) is 4.79 Å². The van der Waals surface area contributed by atoms with Gasteiger partial charge in [-0.1, -0.05) is 0 Å². The van der Waals surface area contributed by atoms with E-state index in [0.717, 1.165) is 45.4 Å². The summed E-state index contributed by atoms with van der Waals surface area (Å²) in [4.78, 5) is 13.6.